The fourth-order valence-electron chi connectivity index (χ4n) is 0.908. The van der Waals surface area contributed by atoms with E-state index in [1.165, 1.54) is 0 Å². The summed E-state index contributed by atoms with van der Waals surface area (Å²) < 4.78 is 9.71. The fourth-order valence-corrected chi connectivity index (χ4v) is 0.908. The summed E-state index contributed by atoms with van der Waals surface area (Å²) in [4.78, 5) is 0. The van der Waals surface area contributed by atoms with Crippen molar-refractivity contribution in [1.82, 2.24) is 0 Å². The summed E-state index contributed by atoms with van der Waals surface area (Å²) in [6.45, 7) is 2.59. The number of rotatable bonds is 6. The minimum Gasteiger partial charge on any atom is -0.379 e. The SMILES string of the molecule is CCC(C)[C@@H](COC(O)O)OC. The lowest BCUT2D eigenvalue weighted by molar-refractivity contribution is -0.246. The van der Waals surface area contributed by atoms with Gasteiger partial charge in [-0.3, -0.25) is 0 Å². The van der Waals surface area contributed by atoms with E-state index in [4.69, 9.17) is 14.9 Å². The van der Waals surface area contributed by atoms with Crippen LogP contribution in [-0.2, 0) is 9.47 Å². The molecule has 0 saturated heterocycles. The Bertz CT molecular complexity index is 105. The Morgan fingerprint density at radius 1 is 1.33 bits per heavy atom. The summed E-state index contributed by atoms with van der Waals surface area (Å²) in [7, 11) is 1.59. The Balaban J connectivity index is 3.67. The molecule has 0 aromatic heterocycles. The molecule has 0 aromatic rings. The van der Waals surface area contributed by atoms with Crippen molar-refractivity contribution in [3.05, 3.63) is 0 Å². The summed E-state index contributed by atoms with van der Waals surface area (Å²) in [5.41, 5.74) is 0. The Morgan fingerprint density at radius 2 is 1.92 bits per heavy atom. The van der Waals surface area contributed by atoms with E-state index in [1.54, 1.807) is 7.11 Å². The second-order valence-corrected chi connectivity index (χ2v) is 2.82. The molecular formula is C8H18O4. The highest BCUT2D eigenvalue weighted by atomic mass is 16.7. The first-order valence-electron chi connectivity index (χ1n) is 4.12. The van der Waals surface area contributed by atoms with E-state index >= 15 is 0 Å². The van der Waals surface area contributed by atoms with E-state index in [9.17, 15) is 0 Å². The predicted octanol–water partition coefficient (Wildman–Crippen LogP) is 0.332. The van der Waals surface area contributed by atoms with E-state index in [0.29, 0.717) is 5.92 Å². The molecule has 0 heterocycles. The van der Waals surface area contributed by atoms with Crippen LogP contribution in [0.25, 0.3) is 0 Å². The van der Waals surface area contributed by atoms with Crippen LogP contribution >= 0.6 is 0 Å². The van der Waals surface area contributed by atoms with Crippen LogP contribution in [0.5, 0.6) is 0 Å². The van der Waals surface area contributed by atoms with E-state index in [2.05, 4.69) is 4.74 Å². The zero-order valence-electron chi connectivity index (χ0n) is 7.86. The molecule has 12 heavy (non-hydrogen) atoms. The van der Waals surface area contributed by atoms with Gasteiger partial charge in [-0.2, -0.15) is 0 Å². The Labute approximate surface area is 73.1 Å². The van der Waals surface area contributed by atoms with Gasteiger partial charge < -0.3 is 19.7 Å². The van der Waals surface area contributed by atoms with E-state index in [1.807, 2.05) is 13.8 Å². The molecule has 2 N–H and O–H groups in total. The summed E-state index contributed by atoms with van der Waals surface area (Å²) >= 11 is 0. The van der Waals surface area contributed by atoms with Gasteiger partial charge in [-0.05, 0) is 5.92 Å². The lowest BCUT2D eigenvalue weighted by Crippen LogP contribution is -2.28. The summed E-state index contributed by atoms with van der Waals surface area (Å²) in [5.74, 6) is 0.355. The van der Waals surface area contributed by atoms with Crippen molar-refractivity contribution in [1.29, 1.82) is 0 Å². The van der Waals surface area contributed by atoms with Crippen LogP contribution in [0, 0.1) is 5.92 Å². The van der Waals surface area contributed by atoms with E-state index in [0.717, 1.165) is 6.42 Å². The first kappa shape index (κ1) is 11.8. The number of aliphatic hydroxyl groups excluding tert-OH is 1. The molecule has 0 radical (unpaired) electrons. The highest BCUT2D eigenvalue weighted by Gasteiger charge is 2.15. The Hall–Kier alpha value is -0.160. The van der Waals surface area contributed by atoms with Gasteiger partial charge in [0.25, 0.3) is 6.48 Å². The van der Waals surface area contributed by atoms with Crippen molar-refractivity contribution >= 4 is 0 Å². The minimum absolute atomic E-state index is 0.0724. The molecule has 0 amide bonds. The molecular weight excluding hydrogens is 160 g/mol. The van der Waals surface area contributed by atoms with Crippen molar-refractivity contribution in [2.75, 3.05) is 13.7 Å². The number of hydrogen-bond donors (Lipinski definition) is 2. The van der Waals surface area contributed by atoms with Crippen LogP contribution in [0.2, 0.25) is 0 Å². The molecule has 0 aliphatic carbocycles. The lowest BCUT2D eigenvalue weighted by Gasteiger charge is -2.21. The van der Waals surface area contributed by atoms with Crippen molar-refractivity contribution in [3.63, 3.8) is 0 Å². The maximum absolute atomic E-state index is 8.43. The molecule has 2 atom stereocenters. The molecule has 0 bridgehead atoms. The monoisotopic (exact) mass is 178 g/mol. The number of ether oxygens (including phenoxy) is 2. The highest BCUT2D eigenvalue weighted by Crippen LogP contribution is 2.11. The Kier molecular flexibility index (Phi) is 6.28. The lowest BCUT2D eigenvalue weighted by atomic mass is 10.0. The molecule has 0 aliphatic heterocycles. The molecule has 0 saturated carbocycles. The van der Waals surface area contributed by atoms with Gasteiger partial charge in [0, 0.05) is 7.11 Å². The maximum Gasteiger partial charge on any atom is 0.266 e. The van der Waals surface area contributed by atoms with Crippen LogP contribution in [0.1, 0.15) is 20.3 Å². The normalized spacial score (nSPS) is 16.5. The third-order valence-corrected chi connectivity index (χ3v) is 1.99. The summed E-state index contributed by atoms with van der Waals surface area (Å²) in [6.07, 6.45) is 0.903. The molecule has 4 heteroatoms. The average Bonchev–Trinajstić information content (AvgIpc) is 2.04. The van der Waals surface area contributed by atoms with Crippen molar-refractivity contribution in [2.24, 2.45) is 5.92 Å². The van der Waals surface area contributed by atoms with E-state index < -0.39 is 6.48 Å². The fraction of sp³-hybridized carbons (Fsp3) is 1.00. The molecule has 1 unspecified atom stereocenters. The van der Waals surface area contributed by atoms with Gasteiger partial charge in [0.2, 0.25) is 0 Å². The standard InChI is InChI=1S/C8H18O4/c1-4-6(2)7(11-3)5-12-8(9)10/h6-10H,4-5H2,1-3H3/t6?,7-/m1/s1. The molecule has 0 aliphatic rings. The molecule has 74 valence electrons. The van der Waals surface area contributed by atoms with Crippen LogP contribution in [0.15, 0.2) is 0 Å². The van der Waals surface area contributed by atoms with Crippen LogP contribution in [0.3, 0.4) is 0 Å². The van der Waals surface area contributed by atoms with Gasteiger partial charge >= 0.3 is 0 Å². The zero-order valence-corrected chi connectivity index (χ0v) is 7.86. The third-order valence-electron chi connectivity index (χ3n) is 1.99. The molecule has 0 spiro atoms. The van der Waals surface area contributed by atoms with Gasteiger partial charge in [-0.1, -0.05) is 20.3 Å². The number of aliphatic hydroxyl groups is 2. The summed E-state index contributed by atoms with van der Waals surface area (Å²) in [5, 5.41) is 16.9. The predicted molar refractivity (Wildman–Crippen MR) is 44.4 cm³/mol. The molecule has 4 nitrogen and oxygen atoms in total. The second-order valence-electron chi connectivity index (χ2n) is 2.82. The first-order chi connectivity index (χ1) is 5.61. The van der Waals surface area contributed by atoms with Crippen molar-refractivity contribution < 1.29 is 19.7 Å². The topological polar surface area (TPSA) is 58.9 Å². The molecule has 0 fully saturated rings. The van der Waals surface area contributed by atoms with Gasteiger partial charge in [-0.25, -0.2) is 0 Å². The van der Waals surface area contributed by atoms with Gasteiger partial charge in [-0.15, -0.1) is 0 Å². The summed E-state index contributed by atoms with van der Waals surface area (Å²) in [6, 6.07) is 0. The maximum atomic E-state index is 8.43. The zero-order chi connectivity index (χ0) is 9.56. The van der Waals surface area contributed by atoms with Crippen LogP contribution in [-0.4, -0.2) is 36.5 Å². The Morgan fingerprint density at radius 3 is 2.25 bits per heavy atom. The van der Waals surface area contributed by atoms with Crippen LogP contribution in [0.4, 0.5) is 0 Å². The second kappa shape index (κ2) is 6.37. The largest absolute Gasteiger partial charge is 0.379 e. The quantitative estimate of drug-likeness (QED) is 0.575. The third kappa shape index (κ3) is 4.66. The first-order valence-corrected chi connectivity index (χ1v) is 4.12. The minimum atomic E-state index is -1.70. The van der Waals surface area contributed by atoms with Crippen LogP contribution < -0.4 is 0 Å². The van der Waals surface area contributed by atoms with Gasteiger partial charge in [0.05, 0.1) is 12.7 Å². The van der Waals surface area contributed by atoms with E-state index in [-0.39, 0.29) is 12.7 Å². The number of methoxy groups -OCH3 is 1. The highest BCUT2D eigenvalue weighted by molar-refractivity contribution is 4.63. The molecule has 0 rings (SSSR count). The number of hydrogen-bond acceptors (Lipinski definition) is 4. The average molecular weight is 178 g/mol. The molecule has 0 aromatic carbocycles. The van der Waals surface area contributed by atoms with Gasteiger partial charge in [0.15, 0.2) is 0 Å². The smallest absolute Gasteiger partial charge is 0.266 e. The van der Waals surface area contributed by atoms with Crippen molar-refractivity contribution in [3.8, 4) is 0 Å². The van der Waals surface area contributed by atoms with Gasteiger partial charge in [0.1, 0.15) is 0 Å². The van der Waals surface area contributed by atoms with Crippen molar-refractivity contribution in [2.45, 2.75) is 32.8 Å².